The Labute approximate surface area is 153 Å². The predicted octanol–water partition coefficient (Wildman–Crippen LogP) is 3.32. The third-order valence-electron chi connectivity index (χ3n) is 4.97. The molecule has 2 aliphatic rings. The van der Waals surface area contributed by atoms with Crippen LogP contribution >= 0.6 is 0 Å². The minimum absolute atomic E-state index is 0.0426. The lowest BCUT2D eigenvalue weighted by Gasteiger charge is -2.16. The molecule has 0 saturated carbocycles. The van der Waals surface area contributed by atoms with Gasteiger partial charge in [0, 0.05) is 24.3 Å². The number of nitrogens with zero attached hydrogens (tertiary/aromatic N) is 1. The van der Waals surface area contributed by atoms with Crippen LogP contribution < -0.4 is 15.0 Å². The summed E-state index contributed by atoms with van der Waals surface area (Å²) >= 11 is 0. The minimum Gasteiger partial charge on any atom is -0.484 e. The van der Waals surface area contributed by atoms with E-state index in [9.17, 15) is 9.59 Å². The first-order chi connectivity index (χ1) is 12.7. The Balaban J connectivity index is 1.31. The molecule has 5 nitrogen and oxygen atoms in total. The van der Waals surface area contributed by atoms with Crippen molar-refractivity contribution < 1.29 is 14.3 Å². The molecular weight excluding hydrogens is 328 g/mol. The van der Waals surface area contributed by atoms with Gasteiger partial charge in [0.15, 0.2) is 6.61 Å². The number of anilines is 2. The van der Waals surface area contributed by atoms with Gasteiger partial charge in [-0.25, -0.2) is 0 Å². The van der Waals surface area contributed by atoms with E-state index in [1.54, 1.807) is 17.0 Å². The van der Waals surface area contributed by atoms with Gasteiger partial charge < -0.3 is 15.0 Å². The molecule has 5 heteroatoms. The van der Waals surface area contributed by atoms with Crippen molar-refractivity contribution in [3.05, 3.63) is 53.6 Å². The van der Waals surface area contributed by atoms with Crippen LogP contribution in [0.5, 0.6) is 5.75 Å². The highest BCUT2D eigenvalue weighted by molar-refractivity contribution is 5.95. The van der Waals surface area contributed by atoms with Gasteiger partial charge in [0.1, 0.15) is 5.75 Å². The fourth-order valence-corrected chi connectivity index (χ4v) is 3.64. The number of carbonyl (C=O) groups is 2. The topological polar surface area (TPSA) is 58.6 Å². The molecule has 0 unspecified atom stereocenters. The summed E-state index contributed by atoms with van der Waals surface area (Å²) < 4.78 is 5.56. The lowest BCUT2D eigenvalue weighted by atomic mass is 10.1. The predicted molar refractivity (Wildman–Crippen MR) is 101 cm³/mol. The third-order valence-corrected chi connectivity index (χ3v) is 4.97. The Morgan fingerprint density at radius 1 is 1.00 bits per heavy atom. The molecular formula is C21H22N2O3. The molecule has 0 atom stereocenters. The normalized spacial score (nSPS) is 15.8. The highest BCUT2D eigenvalue weighted by Crippen LogP contribution is 2.25. The highest BCUT2D eigenvalue weighted by Gasteiger charge is 2.21. The molecule has 2 aromatic carbocycles. The van der Waals surface area contributed by atoms with Crippen molar-refractivity contribution in [2.75, 3.05) is 23.4 Å². The Hall–Kier alpha value is -2.82. The second-order valence-corrected chi connectivity index (χ2v) is 6.82. The number of rotatable bonds is 5. The van der Waals surface area contributed by atoms with Crippen molar-refractivity contribution >= 4 is 23.2 Å². The van der Waals surface area contributed by atoms with Crippen LogP contribution in [0.25, 0.3) is 0 Å². The lowest BCUT2D eigenvalue weighted by molar-refractivity contribution is -0.118. The summed E-state index contributed by atoms with van der Waals surface area (Å²) in [4.78, 5) is 25.7. The smallest absolute Gasteiger partial charge is 0.262 e. The second-order valence-electron chi connectivity index (χ2n) is 6.82. The Kier molecular flexibility index (Phi) is 4.61. The number of hydrogen-bond acceptors (Lipinski definition) is 3. The van der Waals surface area contributed by atoms with E-state index in [4.69, 9.17) is 4.74 Å². The highest BCUT2D eigenvalue weighted by atomic mass is 16.5. The maximum absolute atomic E-state index is 12.1. The van der Waals surface area contributed by atoms with Crippen molar-refractivity contribution in [2.45, 2.75) is 32.1 Å². The van der Waals surface area contributed by atoms with E-state index in [1.807, 2.05) is 18.2 Å². The van der Waals surface area contributed by atoms with Crippen molar-refractivity contribution in [3.63, 3.8) is 0 Å². The molecule has 1 heterocycles. The van der Waals surface area contributed by atoms with E-state index >= 15 is 0 Å². The van der Waals surface area contributed by atoms with E-state index in [0.29, 0.717) is 12.2 Å². The fraction of sp³-hybridized carbons (Fsp3) is 0.333. The lowest BCUT2D eigenvalue weighted by Crippen LogP contribution is -2.23. The van der Waals surface area contributed by atoms with Gasteiger partial charge in [-0.05, 0) is 73.2 Å². The number of amides is 2. The van der Waals surface area contributed by atoms with Gasteiger partial charge >= 0.3 is 0 Å². The van der Waals surface area contributed by atoms with Gasteiger partial charge in [-0.1, -0.05) is 6.07 Å². The standard InChI is InChI=1S/C21H22N2O3/c24-20(22-17-7-6-15-3-1-4-16(15)13-17)14-26-19-10-8-18(9-11-19)23-12-2-5-21(23)25/h6-11,13H,1-5,12,14H2,(H,22,24). The van der Waals surface area contributed by atoms with E-state index < -0.39 is 0 Å². The summed E-state index contributed by atoms with van der Waals surface area (Å²) in [7, 11) is 0. The SMILES string of the molecule is O=C(COc1ccc(N2CCCC2=O)cc1)Nc1ccc2c(c1)CCC2. The molecule has 4 rings (SSSR count). The molecule has 1 N–H and O–H groups in total. The van der Waals surface area contributed by atoms with Crippen LogP contribution in [0.15, 0.2) is 42.5 Å². The number of benzene rings is 2. The molecule has 1 fully saturated rings. The first-order valence-electron chi connectivity index (χ1n) is 9.14. The molecule has 134 valence electrons. The average Bonchev–Trinajstić information content (AvgIpc) is 3.29. The van der Waals surface area contributed by atoms with E-state index in [1.165, 1.54) is 17.5 Å². The number of ether oxygens (including phenoxy) is 1. The zero-order valence-corrected chi connectivity index (χ0v) is 14.7. The van der Waals surface area contributed by atoms with E-state index in [0.717, 1.165) is 37.2 Å². The second kappa shape index (κ2) is 7.20. The molecule has 2 amide bonds. The zero-order valence-electron chi connectivity index (χ0n) is 14.7. The molecule has 0 bridgehead atoms. The minimum atomic E-state index is -0.179. The van der Waals surface area contributed by atoms with Crippen molar-refractivity contribution in [3.8, 4) is 5.75 Å². The molecule has 26 heavy (non-hydrogen) atoms. The van der Waals surface area contributed by atoms with E-state index in [2.05, 4.69) is 17.4 Å². The van der Waals surface area contributed by atoms with Gasteiger partial charge in [0.2, 0.25) is 5.91 Å². The molecule has 1 saturated heterocycles. The summed E-state index contributed by atoms with van der Waals surface area (Å²) in [6, 6.07) is 13.4. The molecule has 1 aliphatic carbocycles. The molecule has 0 aromatic heterocycles. The number of fused-ring (bicyclic) bond motifs is 1. The van der Waals surface area contributed by atoms with Crippen molar-refractivity contribution in [2.24, 2.45) is 0 Å². The summed E-state index contributed by atoms with van der Waals surface area (Å²) in [6.45, 7) is 0.724. The first-order valence-corrected chi connectivity index (χ1v) is 9.14. The molecule has 1 aliphatic heterocycles. The van der Waals surface area contributed by atoms with Gasteiger partial charge in [-0.15, -0.1) is 0 Å². The van der Waals surface area contributed by atoms with Crippen LogP contribution in [0.3, 0.4) is 0 Å². The average molecular weight is 350 g/mol. The van der Waals surface area contributed by atoms with Crippen LogP contribution in [0.1, 0.15) is 30.4 Å². The van der Waals surface area contributed by atoms with Gasteiger partial charge in [0.05, 0.1) is 0 Å². The molecule has 0 radical (unpaired) electrons. The zero-order chi connectivity index (χ0) is 17.9. The van der Waals surface area contributed by atoms with Gasteiger partial charge in [-0.3, -0.25) is 9.59 Å². The number of aryl methyl sites for hydroxylation is 2. The van der Waals surface area contributed by atoms with Crippen LogP contribution in [-0.2, 0) is 22.4 Å². The van der Waals surface area contributed by atoms with Crippen molar-refractivity contribution in [1.82, 2.24) is 0 Å². The Bertz CT molecular complexity index is 830. The van der Waals surface area contributed by atoms with Crippen LogP contribution in [0.2, 0.25) is 0 Å². The monoisotopic (exact) mass is 350 g/mol. The summed E-state index contributed by atoms with van der Waals surface area (Å²) in [5.74, 6) is 0.596. The molecule has 2 aromatic rings. The fourth-order valence-electron chi connectivity index (χ4n) is 3.64. The quantitative estimate of drug-likeness (QED) is 0.900. The summed E-state index contributed by atoms with van der Waals surface area (Å²) in [5.41, 5.74) is 4.41. The van der Waals surface area contributed by atoms with Crippen LogP contribution in [0, 0.1) is 0 Å². The Morgan fingerprint density at radius 3 is 2.58 bits per heavy atom. The number of carbonyl (C=O) groups excluding carboxylic acids is 2. The first kappa shape index (κ1) is 16.6. The summed E-state index contributed by atoms with van der Waals surface area (Å²) in [5, 5.41) is 2.89. The molecule has 0 spiro atoms. The van der Waals surface area contributed by atoms with Gasteiger partial charge in [-0.2, -0.15) is 0 Å². The maximum Gasteiger partial charge on any atom is 0.262 e. The van der Waals surface area contributed by atoms with Crippen LogP contribution in [0.4, 0.5) is 11.4 Å². The number of hydrogen-bond donors (Lipinski definition) is 1. The van der Waals surface area contributed by atoms with Crippen molar-refractivity contribution in [1.29, 1.82) is 0 Å². The Morgan fingerprint density at radius 2 is 1.81 bits per heavy atom. The summed E-state index contributed by atoms with van der Waals surface area (Å²) in [6.07, 6.45) is 4.92. The number of nitrogens with one attached hydrogen (secondary N) is 1. The van der Waals surface area contributed by atoms with E-state index in [-0.39, 0.29) is 18.4 Å². The maximum atomic E-state index is 12.1. The van der Waals surface area contributed by atoms with Gasteiger partial charge in [0.25, 0.3) is 5.91 Å². The van der Waals surface area contributed by atoms with Crippen LogP contribution in [-0.4, -0.2) is 25.0 Å². The largest absolute Gasteiger partial charge is 0.484 e. The third kappa shape index (κ3) is 3.57.